The average molecular weight is 432 g/mol. The average Bonchev–Trinajstić information content (AvgIpc) is 2.75. The quantitative estimate of drug-likeness (QED) is 0.131. The van der Waals surface area contributed by atoms with E-state index in [9.17, 15) is 0 Å². The standard InChI is InChI=1S/C24H53NO3Si/c1-5-6-7-8-9-10-11-12-13-14-15-16-17-18-19-20-22-25-23-21-24-29(26-2,27-3)28-4/h25H,5-24H2,1-4H3. The topological polar surface area (TPSA) is 39.7 Å². The van der Waals surface area contributed by atoms with Crippen LogP contribution in [-0.2, 0) is 13.3 Å². The predicted octanol–water partition coefficient (Wildman–Crippen LogP) is 7.11. The molecule has 0 amide bonds. The van der Waals surface area contributed by atoms with Gasteiger partial charge in [-0.15, -0.1) is 0 Å². The molecule has 0 aliphatic heterocycles. The Hall–Kier alpha value is 0.0569. The van der Waals surface area contributed by atoms with Crippen molar-refractivity contribution in [3.8, 4) is 0 Å². The van der Waals surface area contributed by atoms with Crippen LogP contribution in [0.1, 0.15) is 116 Å². The molecule has 5 heteroatoms. The van der Waals surface area contributed by atoms with E-state index in [-0.39, 0.29) is 0 Å². The van der Waals surface area contributed by atoms with Gasteiger partial charge in [-0.25, -0.2) is 0 Å². The Morgan fingerprint density at radius 2 is 0.828 bits per heavy atom. The summed E-state index contributed by atoms with van der Waals surface area (Å²) in [6.07, 6.45) is 23.8. The Bertz CT molecular complexity index is 306. The molecule has 0 radical (unpaired) electrons. The molecule has 0 aliphatic rings. The van der Waals surface area contributed by atoms with E-state index in [4.69, 9.17) is 13.3 Å². The third kappa shape index (κ3) is 18.5. The first kappa shape index (κ1) is 29.1. The Labute approximate surface area is 184 Å². The second-order valence-electron chi connectivity index (χ2n) is 8.45. The summed E-state index contributed by atoms with van der Waals surface area (Å²) < 4.78 is 16.3. The van der Waals surface area contributed by atoms with Crippen LogP contribution in [0, 0.1) is 0 Å². The van der Waals surface area contributed by atoms with Crippen molar-refractivity contribution in [2.75, 3.05) is 34.4 Å². The molecule has 0 unspecified atom stereocenters. The minimum atomic E-state index is -2.37. The van der Waals surface area contributed by atoms with Crippen molar-refractivity contribution in [2.24, 2.45) is 0 Å². The van der Waals surface area contributed by atoms with Crippen LogP contribution in [0.2, 0.25) is 6.04 Å². The van der Waals surface area contributed by atoms with Crippen LogP contribution >= 0.6 is 0 Å². The van der Waals surface area contributed by atoms with Crippen molar-refractivity contribution in [1.82, 2.24) is 5.32 Å². The zero-order valence-corrected chi connectivity index (χ0v) is 21.4. The molecule has 0 rings (SSSR count). The van der Waals surface area contributed by atoms with E-state index < -0.39 is 8.80 Å². The van der Waals surface area contributed by atoms with Crippen molar-refractivity contribution >= 4 is 8.80 Å². The third-order valence-electron chi connectivity index (χ3n) is 5.98. The first-order valence-corrected chi connectivity index (χ1v) is 14.5. The maximum atomic E-state index is 5.44. The van der Waals surface area contributed by atoms with E-state index >= 15 is 0 Å². The fourth-order valence-corrected chi connectivity index (χ4v) is 5.63. The second kappa shape index (κ2) is 22.7. The maximum absolute atomic E-state index is 5.44. The molecule has 0 aromatic rings. The molecule has 0 aromatic heterocycles. The fraction of sp³-hybridized carbons (Fsp3) is 1.00. The van der Waals surface area contributed by atoms with Gasteiger partial charge in [0.05, 0.1) is 0 Å². The molecular formula is C24H53NO3Si. The summed E-state index contributed by atoms with van der Waals surface area (Å²) in [7, 11) is 2.68. The summed E-state index contributed by atoms with van der Waals surface area (Å²) in [4.78, 5) is 0. The number of unbranched alkanes of at least 4 members (excludes halogenated alkanes) is 15. The van der Waals surface area contributed by atoms with Crippen LogP contribution in [-0.4, -0.2) is 43.2 Å². The first-order chi connectivity index (χ1) is 14.2. The highest BCUT2D eigenvalue weighted by Crippen LogP contribution is 2.15. The molecule has 0 fully saturated rings. The molecule has 0 heterocycles. The van der Waals surface area contributed by atoms with Crippen LogP contribution in [0.15, 0.2) is 0 Å². The lowest BCUT2D eigenvalue weighted by Gasteiger charge is -2.24. The lowest BCUT2D eigenvalue weighted by Crippen LogP contribution is -2.43. The Morgan fingerprint density at radius 1 is 0.483 bits per heavy atom. The molecule has 29 heavy (non-hydrogen) atoms. The van der Waals surface area contributed by atoms with Gasteiger partial charge in [-0.2, -0.15) is 0 Å². The van der Waals surface area contributed by atoms with E-state index in [1.54, 1.807) is 21.3 Å². The summed E-state index contributed by atoms with van der Waals surface area (Å²) in [5.74, 6) is 0. The van der Waals surface area contributed by atoms with Gasteiger partial charge in [-0.3, -0.25) is 0 Å². The Balaban J connectivity index is 3.17. The summed E-state index contributed by atoms with van der Waals surface area (Å²) >= 11 is 0. The van der Waals surface area contributed by atoms with E-state index in [1.807, 2.05) is 0 Å². The van der Waals surface area contributed by atoms with Gasteiger partial charge in [0.2, 0.25) is 0 Å². The highest BCUT2D eigenvalue weighted by Gasteiger charge is 2.36. The van der Waals surface area contributed by atoms with Gasteiger partial charge < -0.3 is 18.6 Å². The third-order valence-corrected chi connectivity index (χ3v) is 8.81. The van der Waals surface area contributed by atoms with Crippen LogP contribution in [0.3, 0.4) is 0 Å². The van der Waals surface area contributed by atoms with Crippen LogP contribution in [0.4, 0.5) is 0 Å². The number of rotatable bonds is 24. The monoisotopic (exact) mass is 431 g/mol. The van der Waals surface area contributed by atoms with Gasteiger partial charge in [-0.05, 0) is 25.9 Å². The van der Waals surface area contributed by atoms with Crippen molar-refractivity contribution < 1.29 is 13.3 Å². The van der Waals surface area contributed by atoms with Crippen molar-refractivity contribution in [2.45, 2.75) is 122 Å². The van der Waals surface area contributed by atoms with Crippen LogP contribution in [0.25, 0.3) is 0 Å². The molecule has 0 aromatic carbocycles. The zero-order valence-electron chi connectivity index (χ0n) is 20.4. The SMILES string of the molecule is CCCCCCCCCCCCCCCCCCNCCC[Si](OC)(OC)OC. The van der Waals surface area contributed by atoms with Crippen molar-refractivity contribution in [3.05, 3.63) is 0 Å². The summed E-state index contributed by atoms with van der Waals surface area (Å²) in [5, 5.41) is 3.54. The molecule has 0 atom stereocenters. The Kier molecular flexibility index (Phi) is 22.8. The highest BCUT2D eigenvalue weighted by atomic mass is 28.4. The summed E-state index contributed by atoms with van der Waals surface area (Å²) in [6.45, 7) is 4.43. The molecule has 1 N–H and O–H groups in total. The van der Waals surface area contributed by atoms with Gasteiger partial charge >= 0.3 is 8.80 Å². The van der Waals surface area contributed by atoms with Gasteiger partial charge in [0, 0.05) is 27.4 Å². The molecule has 4 nitrogen and oxygen atoms in total. The van der Waals surface area contributed by atoms with E-state index in [0.717, 1.165) is 25.6 Å². The zero-order chi connectivity index (χ0) is 21.5. The van der Waals surface area contributed by atoms with E-state index in [2.05, 4.69) is 12.2 Å². The maximum Gasteiger partial charge on any atom is 0.500 e. The lowest BCUT2D eigenvalue weighted by atomic mass is 10.0. The number of hydrogen-bond donors (Lipinski definition) is 1. The fourth-order valence-electron chi connectivity index (χ4n) is 3.91. The lowest BCUT2D eigenvalue weighted by molar-refractivity contribution is 0.123. The van der Waals surface area contributed by atoms with Gasteiger partial charge in [0.1, 0.15) is 0 Å². The molecule has 0 aliphatic carbocycles. The second-order valence-corrected chi connectivity index (χ2v) is 11.5. The molecular weight excluding hydrogens is 378 g/mol. The highest BCUT2D eigenvalue weighted by molar-refractivity contribution is 6.60. The molecule has 0 bridgehead atoms. The summed E-state index contributed by atoms with van der Waals surface area (Å²) in [6, 6.07) is 0.877. The van der Waals surface area contributed by atoms with Crippen molar-refractivity contribution in [1.29, 1.82) is 0 Å². The van der Waals surface area contributed by atoms with Crippen molar-refractivity contribution in [3.63, 3.8) is 0 Å². The normalized spacial score (nSPS) is 12.0. The molecule has 0 saturated carbocycles. The molecule has 176 valence electrons. The number of hydrogen-bond acceptors (Lipinski definition) is 4. The van der Waals surface area contributed by atoms with Gasteiger partial charge in [-0.1, -0.05) is 103 Å². The largest absolute Gasteiger partial charge is 0.500 e. The minimum absolute atomic E-state index is 0.877. The van der Waals surface area contributed by atoms with Gasteiger partial charge in [0.15, 0.2) is 0 Å². The smallest absolute Gasteiger partial charge is 0.377 e. The Morgan fingerprint density at radius 3 is 1.21 bits per heavy atom. The first-order valence-electron chi connectivity index (χ1n) is 12.6. The molecule has 0 spiro atoms. The summed E-state index contributed by atoms with van der Waals surface area (Å²) in [5.41, 5.74) is 0. The van der Waals surface area contributed by atoms with Gasteiger partial charge in [0.25, 0.3) is 0 Å². The van der Waals surface area contributed by atoms with E-state index in [0.29, 0.717) is 0 Å². The molecule has 0 saturated heterocycles. The number of nitrogens with one attached hydrogen (secondary N) is 1. The van der Waals surface area contributed by atoms with Crippen LogP contribution in [0.5, 0.6) is 0 Å². The predicted molar refractivity (Wildman–Crippen MR) is 129 cm³/mol. The minimum Gasteiger partial charge on any atom is -0.377 e. The van der Waals surface area contributed by atoms with E-state index in [1.165, 1.54) is 103 Å². The van der Waals surface area contributed by atoms with Crippen LogP contribution < -0.4 is 5.32 Å².